The van der Waals surface area contributed by atoms with Crippen LogP contribution in [0.1, 0.15) is 9.67 Å². The first kappa shape index (κ1) is 14.3. The maximum Gasteiger partial charge on any atom is 0.266 e. The summed E-state index contributed by atoms with van der Waals surface area (Å²) in [5.41, 5.74) is 1.84. The first-order valence-electron chi connectivity index (χ1n) is 6.23. The maximum atomic E-state index is 12.2. The van der Waals surface area contributed by atoms with Crippen LogP contribution in [0, 0.1) is 0 Å². The molecule has 6 heteroatoms. The monoisotopic (exact) mass is 332 g/mol. The first-order chi connectivity index (χ1) is 10.3. The number of hydrogen-bond acceptors (Lipinski definition) is 5. The molecular weight excluding hydrogens is 320 g/mol. The number of thioether (sulfide) groups is 1. The highest BCUT2D eigenvalue weighted by atomic mass is 32.2. The number of amides is 1. The summed E-state index contributed by atoms with van der Waals surface area (Å²) in [6, 6.07) is 13.6. The molecule has 0 atom stereocenters. The van der Waals surface area contributed by atoms with Gasteiger partial charge in [0.2, 0.25) is 0 Å². The fourth-order valence-corrected chi connectivity index (χ4v) is 3.94. The van der Waals surface area contributed by atoms with E-state index in [4.69, 9.17) is 0 Å². The molecule has 3 nitrogen and oxygen atoms in total. The third-order valence-electron chi connectivity index (χ3n) is 2.80. The largest absolute Gasteiger partial charge is 0.311 e. The summed E-state index contributed by atoms with van der Waals surface area (Å²) < 4.78 is 0.940. The van der Waals surface area contributed by atoms with E-state index in [1.165, 1.54) is 22.7 Å². The number of benzene rings is 1. The second-order valence-electron chi connectivity index (χ2n) is 4.16. The van der Waals surface area contributed by atoms with Crippen molar-refractivity contribution in [2.75, 3.05) is 11.6 Å². The molecule has 3 aromatic rings. The van der Waals surface area contributed by atoms with Gasteiger partial charge in [0, 0.05) is 5.56 Å². The van der Waals surface area contributed by atoms with Crippen molar-refractivity contribution in [1.29, 1.82) is 0 Å². The van der Waals surface area contributed by atoms with Crippen molar-refractivity contribution in [1.82, 2.24) is 4.98 Å². The van der Waals surface area contributed by atoms with Gasteiger partial charge in [-0.25, -0.2) is 4.98 Å². The number of carbonyl (C=O) groups excluding carboxylic acids is 1. The average Bonchev–Trinajstić information content (AvgIpc) is 3.17. The van der Waals surface area contributed by atoms with E-state index in [2.05, 4.69) is 10.3 Å². The highest BCUT2D eigenvalue weighted by molar-refractivity contribution is 8.00. The molecular formula is C15H12N2OS3. The van der Waals surface area contributed by atoms with Crippen LogP contribution >= 0.6 is 34.4 Å². The van der Waals surface area contributed by atoms with E-state index in [0.29, 0.717) is 4.88 Å². The Morgan fingerprint density at radius 1 is 1.19 bits per heavy atom. The molecule has 0 aliphatic carbocycles. The zero-order valence-corrected chi connectivity index (χ0v) is 13.6. The minimum atomic E-state index is -0.0847. The molecule has 0 aliphatic heterocycles. The van der Waals surface area contributed by atoms with E-state index in [1.807, 2.05) is 54.1 Å². The van der Waals surface area contributed by atoms with Crippen molar-refractivity contribution >= 4 is 45.3 Å². The molecule has 106 valence electrons. The number of hydrogen-bond donors (Lipinski definition) is 1. The van der Waals surface area contributed by atoms with Gasteiger partial charge in [0.25, 0.3) is 5.91 Å². The van der Waals surface area contributed by atoms with Gasteiger partial charge in [-0.1, -0.05) is 59.5 Å². The summed E-state index contributed by atoms with van der Waals surface area (Å²) in [5, 5.41) is 5.67. The molecule has 0 radical (unpaired) electrons. The number of rotatable bonds is 4. The normalized spacial score (nSPS) is 10.5. The van der Waals surface area contributed by atoms with Gasteiger partial charge in [0.15, 0.2) is 4.34 Å². The molecule has 0 aliphatic rings. The van der Waals surface area contributed by atoms with Gasteiger partial charge in [-0.3, -0.25) is 4.79 Å². The second-order valence-corrected chi connectivity index (χ2v) is 7.16. The lowest BCUT2D eigenvalue weighted by molar-refractivity contribution is 0.103. The maximum absolute atomic E-state index is 12.2. The third-order valence-corrected chi connectivity index (χ3v) is 5.63. The summed E-state index contributed by atoms with van der Waals surface area (Å²) in [4.78, 5) is 17.5. The van der Waals surface area contributed by atoms with E-state index in [0.717, 1.165) is 20.6 Å². The Balaban J connectivity index is 1.94. The van der Waals surface area contributed by atoms with Crippen LogP contribution in [-0.2, 0) is 0 Å². The zero-order valence-electron chi connectivity index (χ0n) is 11.2. The van der Waals surface area contributed by atoms with Crippen molar-refractivity contribution in [2.24, 2.45) is 0 Å². The van der Waals surface area contributed by atoms with Crippen LogP contribution in [-0.4, -0.2) is 17.1 Å². The molecule has 1 aromatic carbocycles. The molecule has 0 saturated heterocycles. The van der Waals surface area contributed by atoms with Crippen molar-refractivity contribution < 1.29 is 4.79 Å². The lowest BCUT2D eigenvalue weighted by Crippen LogP contribution is -2.09. The van der Waals surface area contributed by atoms with Gasteiger partial charge in [-0.15, -0.1) is 11.3 Å². The summed E-state index contributed by atoms with van der Waals surface area (Å²) >= 11 is 4.52. The SMILES string of the molecule is CSc1nc(-c2ccccc2)c(NC(=O)c2cccs2)s1. The first-order valence-corrected chi connectivity index (χ1v) is 9.15. The second kappa shape index (κ2) is 6.43. The molecule has 2 aromatic heterocycles. The van der Waals surface area contributed by atoms with Gasteiger partial charge in [0.05, 0.1) is 4.88 Å². The molecule has 0 saturated carbocycles. The van der Waals surface area contributed by atoms with E-state index in [9.17, 15) is 4.79 Å². The van der Waals surface area contributed by atoms with Crippen LogP contribution in [0.25, 0.3) is 11.3 Å². The number of nitrogens with zero attached hydrogens (tertiary/aromatic N) is 1. The van der Waals surface area contributed by atoms with Crippen molar-refractivity contribution in [3.05, 3.63) is 52.7 Å². The summed E-state index contributed by atoms with van der Waals surface area (Å²) in [5.74, 6) is -0.0847. The van der Waals surface area contributed by atoms with E-state index in [1.54, 1.807) is 11.8 Å². The lowest BCUT2D eigenvalue weighted by atomic mass is 10.2. The van der Waals surface area contributed by atoms with Crippen molar-refractivity contribution in [3.63, 3.8) is 0 Å². The number of anilines is 1. The Morgan fingerprint density at radius 3 is 2.67 bits per heavy atom. The topological polar surface area (TPSA) is 42.0 Å². The highest BCUT2D eigenvalue weighted by Crippen LogP contribution is 2.37. The quantitative estimate of drug-likeness (QED) is 0.695. The van der Waals surface area contributed by atoms with Crippen LogP contribution < -0.4 is 5.32 Å². The van der Waals surface area contributed by atoms with Gasteiger partial charge >= 0.3 is 0 Å². The molecule has 0 unspecified atom stereocenters. The Morgan fingerprint density at radius 2 is 2.00 bits per heavy atom. The van der Waals surface area contributed by atoms with Gasteiger partial charge < -0.3 is 5.32 Å². The highest BCUT2D eigenvalue weighted by Gasteiger charge is 2.16. The smallest absolute Gasteiger partial charge is 0.266 e. The molecule has 1 N–H and O–H groups in total. The van der Waals surface area contributed by atoms with Gasteiger partial charge in [0.1, 0.15) is 10.7 Å². The molecule has 2 heterocycles. The zero-order chi connectivity index (χ0) is 14.7. The lowest BCUT2D eigenvalue weighted by Gasteiger charge is -2.03. The standard InChI is InChI=1S/C15H12N2OS3/c1-19-15-16-12(10-6-3-2-4-7-10)14(21-15)17-13(18)11-8-5-9-20-11/h2-9H,1H3,(H,17,18). The van der Waals surface area contributed by atoms with Crippen molar-refractivity contribution in [3.8, 4) is 11.3 Å². The van der Waals surface area contributed by atoms with E-state index < -0.39 is 0 Å². The molecule has 21 heavy (non-hydrogen) atoms. The number of thiophene rings is 1. The predicted molar refractivity (Wildman–Crippen MR) is 91.6 cm³/mol. The minimum absolute atomic E-state index is 0.0847. The fourth-order valence-electron chi connectivity index (χ4n) is 1.84. The number of thiazole rings is 1. The predicted octanol–water partition coefficient (Wildman–Crippen LogP) is 4.85. The van der Waals surface area contributed by atoms with Crippen LogP contribution in [0.15, 0.2) is 52.2 Å². The number of aromatic nitrogens is 1. The van der Waals surface area contributed by atoms with Crippen LogP contribution in [0.4, 0.5) is 5.00 Å². The summed E-state index contributed by atoms with van der Waals surface area (Å²) in [6.45, 7) is 0. The Labute approximate surface area is 135 Å². The van der Waals surface area contributed by atoms with Crippen LogP contribution in [0.3, 0.4) is 0 Å². The fraction of sp³-hybridized carbons (Fsp3) is 0.0667. The summed E-state index contributed by atoms with van der Waals surface area (Å²) in [7, 11) is 0. The third kappa shape index (κ3) is 3.18. The molecule has 0 bridgehead atoms. The Bertz CT molecular complexity index is 736. The van der Waals surface area contributed by atoms with Crippen molar-refractivity contribution in [2.45, 2.75) is 4.34 Å². The number of carbonyl (C=O) groups is 1. The average molecular weight is 332 g/mol. The molecule has 0 spiro atoms. The molecule has 0 fully saturated rings. The van der Waals surface area contributed by atoms with Gasteiger partial charge in [-0.05, 0) is 17.7 Å². The van der Waals surface area contributed by atoms with Gasteiger partial charge in [-0.2, -0.15) is 0 Å². The Kier molecular flexibility index (Phi) is 4.38. The molecule has 3 rings (SSSR count). The summed E-state index contributed by atoms with van der Waals surface area (Å²) in [6.07, 6.45) is 1.98. The van der Waals surface area contributed by atoms with E-state index in [-0.39, 0.29) is 5.91 Å². The Hall–Kier alpha value is -1.63. The number of nitrogens with one attached hydrogen (secondary N) is 1. The molecule has 1 amide bonds. The van der Waals surface area contributed by atoms with Crippen LogP contribution in [0.2, 0.25) is 0 Å². The minimum Gasteiger partial charge on any atom is -0.311 e. The van der Waals surface area contributed by atoms with E-state index >= 15 is 0 Å². The van der Waals surface area contributed by atoms with Crippen LogP contribution in [0.5, 0.6) is 0 Å².